The topological polar surface area (TPSA) is 70.8 Å². The summed E-state index contributed by atoms with van der Waals surface area (Å²) >= 11 is 0. The van der Waals surface area contributed by atoms with Crippen molar-refractivity contribution >= 4 is 0 Å². The number of likely N-dealkylation sites (tertiary alicyclic amines) is 1. The fourth-order valence-corrected chi connectivity index (χ4v) is 2.96. The molecule has 0 amide bonds. The molecule has 0 radical (unpaired) electrons. The Labute approximate surface area is 117 Å². The molecule has 4 rings (SSSR count). The van der Waals surface area contributed by atoms with Gasteiger partial charge >= 0.3 is 0 Å². The number of nitrogens with zero attached hydrogens (tertiary/aromatic N) is 4. The van der Waals surface area contributed by atoms with Gasteiger partial charge in [0.15, 0.2) is 0 Å². The van der Waals surface area contributed by atoms with E-state index < -0.39 is 0 Å². The number of hydrogen-bond donors (Lipinski definition) is 1. The van der Waals surface area contributed by atoms with Gasteiger partial charge < -0.3 is 4.42 Å². The van der Waals surface area contributed by atoms with E-state index in [0.717, 1.165) is 31.4 Å². The number of piperidine rings is 1. The number of nitrogens with one attached hydrogen (secondary N) is 1. The highest BCUT2D eigenvalue weighted by Crippen LogP contribution is 2.39. The zero-order valence-electron chi connectivity index (χ0n) is 11.5. The third-order valence-corrected chi connectivity index (χ3v) is 4.24. The lowest BCUT2D eigenvalue weighted by Crippen LogP contribution is -2.34. The van der Waals surface area contributed by atoms with Gasteiger partial charge in [0.1, 0.15) is 0 Å². The summed E-state index contributed by atoms with van der Waals surface area (Å²) in [5, 5.41) is 15.5. The van der Waals surface area contributed by atoms with Gasteiger partial charge in [0.05, 0.1) is 6.54 Å². The molecule has 1 atom stereocenters. The van der Waals surface area contributed by atoms with Gasteiger partial charge in [-0.05, 0) is 38.3 Å². The van der Waals surface area contributed by atoms with Crippen LogP contribution in [0, 0.1) is 0 Å². The second kappa shape index (κ2) is 5.01. The van der Waals surface area contributed by atoms with E-state index in [1.807, 2.05) is 6.20 Å². The maximum Gasteiger partial charge on any atom is 0.230 e. The third-order valence-electron chi connectivity index (χ3n) is 4.24. The molecule has 106 valence electrons. The van der Waals surface area contributed by atoms with Crippen LogP contribution in [0.15, 0.2) is 16.7 Å². The fraction of sp³-hybridized carbons (Fsp3) is 0.643. The number of rotatable bonds is 4. The minimum absolute atomic E-state index is 0.537. The number of aromatic nitrogens is 4. The second-order valence-corrected chi connectivity index (χ2v) is 5.89. The summed E-state index contributed by atoms with van der Waals surface area (Å²) in [6.45, 7) is 2.90. The van der Waals surface area contributed by atoms with Gasteiger partial charge in [-0.2, -0.15) is 5.10 Å². The van der Waals surface area contributed by atoms with E-state index in [0.29, 0.717) is 11.8 Å². The Morgan fingerprint density at radius 3 is 3.00 bits per heavy atom. The molecule has 1 saturated heterocycles. The highest BCUT2D eigenvalue weighted by molar-refractivity contribution is 5.07. The van der Waals surface area contributed by atoms with Gasteiger partial charge in [-0.3, -0.25) is 10.00 Å². The zero-order chi connectivity index (χ0) is 13.4. The molecule has 2 aromatic heterocycles. The Bertz CT molecular complexity index is 560. The summed E-state index contributed by atoms with van der Waals surface area (Å²) in [4.78, 5) is 2.40. The van der Waals surface area contributed by atoms with Crippen molar-refractivity contribution in [1.82, 2.24) is 25.3 Å². The Balaban J connectivity index is 1.40. The van der Waals surface area contributed by atoms with Gasteiger partial charge in [0, 0.05) is 30.3 Å². The van der Waals surface area contributed by atoms with Crippen LogP contribution in [0.1, 0.15) is 55.0 Å². The summed E-state index contributed by atoms with van der Waals surface area (Å²) < 4.78 is 5.75. The lowest BCUT2D eigenvalue weighted by Gasteiger charge is -2.31. The van der Waals surface area contributed by atoms with Crippen LogP contribution in [-0.4, -0.2) is 38.4 Å². The minimum Gasteiger partial charge on any atom is -0.424 e. The van der Waals surface area contributed by atoms with E-state index >= 15 is 0 Å². The molecule has 0 aromatic carbocycles. The summed E-state index contributed by atoms with van der Waals surface area (Å²) in [5.74, 6) is 2.67. The summed E-state index contributed by atoms with van der Waals surface area (Å²) in [6, 6.07) is 2.08. The first-order valence-corrected chi connectivity index (χ1v) is 7.42. The van der Waals surface area contributed by atoms with E-state index in [1.165, 1.54) is 31.4 Å². The van der Waals surface area contributed by atoms with E-state index in [9.17, 15) is 0 Å². The van der Waals surface area contributed by atoms with Crippen LogP contribution in [0.4, 0.5) is 0 Å². The van der Waals surface area contributed by atoms with Crippen molar-refractivity contribution in [3.8, 4) is 0 Å². The van der Waals surface area contributed by atoms with Gasteiger partial charge in [-0.15, -0.1) is 10.2 Å². The normalized spacial score (nSPS) is 24.1. The lowest BCUT2D eigenvalue weighted by molar-refractivity contribution is 0.181. The first kappa shape index (κ1) is 12.1. The van der Waals surface area contributed by atoms with E-state index in [1.54, 1.807) is 0 Å². The van der Waals surface area contributed by atoms with Gasteiger partial charge in [0.2, 0.25) is 11.8 Å². The van der Waals surface area contributed by atoms with Crippen molar-refractivity contribution in [2.45, 2.75) is 44.1 Å². The fourth-order valence-electron chi connectivity index (χ4n) is 2.96. The van der Waals surface area contributed by atoms with E-state index in [2.05, 4.69) is 31.4 Å². The zero-order valence-corrected chi connectivity index (χ0v) is 11.5. The average molecular weight is 273 g/mol. The largest absolute Gasteiger partial charge is 0.424 e. The van der Waals surface area contributed by atoms with Crippen LogP contribution in [0.5, 0.6) is 0 Å². The molecule has 1 aliphatic carbocycles. The monoisotopic (exact) mass is 273 g/mol. The first-order valence-electron chi connectivity index (χ1n) is 7.42. The molecule has 1 aliphatic heterocycles. The van der Waals surface area contributed by atoms with Crippen LogP contribution in [0.25, 0.3) is 0 Å². The van der Waals surface area contributed by atoms with Gasteiger partial charge in [-0.1, -0.05) is 0 Å². The molecule has 2 fully saturated rings. The highest BCUT2D eigenvalue weighted by atomic mass is 16.4. The highest BCUT2D eigenvalue weighted by Gasteiger charge is 2.30. The van der Waals surface area contributed by atoms with Crippen molar-refractivity contribution < 1.29 is 4.42 Å². The smallest absolute Gasteiger partial charge is 0.230 e. The Morgan fingerprint density at radius 1 is 1.25 bits per heavy atom. The molecule has 3 heterocycles. The Hall–Kier alpha value is -1.69. The standard InChI is InChI=1S/C14H19N5O/c1-2-11(12-5-6-15-16-12)8-19(7-1)9-13-17-18-14(20-13)10-3-4-10/h5-6,10-11H,1-4,7-9H2,(H,15,16)/t11-/m1/s1. The summed E-state index contributed by atoms with van der Waals surface area (Å²) in [5.41, 5.74) is 1.24. The SMILES string of the molecule is c1cc([C@@H]2CCCN(Cc3nnc(C4CC4)o3)C2)[nH]n1. The molecular weight excluding hydrogens is 254 g/mol. The van der Waals surface area contributed by atoms with E-state index in [-0.39, 0.29) is 0 Å². The minimum atomic E-state index is 0.537. The molecule has 0 unspecified atom stereocenters. The van der Waals surface area contributed by atoms with Crippen LogP contribution in [0.3, 0.4) is 0 Å². The quantitative estimate of drug-likeness (QED) is 0.923. The molecular formula is C14H19N5O. The van der Waals surface area contributed by atoms with Crippen molar-refractivity contribution in [1.29, 1.82) is 0 Å². The molecule has 1 N–H and O–H groups in total. The van der Waals surface area contributed by atoms with Gasteiger partial charge in [-0.25, -0.2) is 0 Å². The molecule has 0 spiro atoms. The molecule has 0 bridgehead atoms. The lowest BCUT2D eigenvalue weighted by atomic mass is 9.95. The first-order chi connectivity index (χ1) is 9.88. The number of H-pyrrole nitrogens is 1. The summed E-state index contributed by atoms with van der Waals surface area (Å²) in [6.07, 6.45) is 6.65. The van der Waals surface area contributed by atoms with Crippen molar-refractivity contribution in [3.05, 3.63) is 29.7 Å². The molecule has 2 aromatic rings. The predicted octanol–water partition coefficient (Wildman–Crippen LogP) is 2.05. The second-order valence-electron chi connectivity index (χ2n) is 5.89. The molecule has 6 heteroatoms. The van der Waals surface area contributed by atoms with Crippen molar-refractivity contribution in [2.24, 2.45) is 0 Å². The van der Waals surface area contributed by atoms with E-state index in [4.69, 9.17) is 4.42 Å². The van der Waals surface area contributed by atoms with Gasteiger partial charge in [0.25, 0.3) is 0 Å². The van der Waals surface area contributed by atoms with Crippen molar-refractivity contribution in [2.75, 3.05) is 13.1 Å². The number of hydrogen-bond acceptors (Lipinski definition) is 5. The van der Waals surface area contributed by atoms with Crippen LogP contribution < -0.4 is 0 Å². The van der Waals surface area contributed by atoms with Crippen LogP contribution >= 0.6 is 0 Å². The Morgan fingerprint density at radius 2 is 2.20 bits per heavy atom. The average Bonchev–Trinajstić information content (AvgIpc) is 3.00. The molecule has 1 saturated carbocycles. The predicted molar refractivity (Wildman–Crippen MR) is 72.1 cm³/mol. The molecule has 6 nitrogen and oxygen atoms in total. The van der Waals surface area contributed by atoms with Crippen LogP contribution in [-0.2, 0) is 6.54 Å². The maximum atomic E-state index is 5.75. The third kappa shape index (κ3) is 2.47. The Kier molecular flexibility index (Phi) is 3.03. The van der Waals surface area contributed by atoms with Crippen molar-refractivity contribution in [3.63, 3.8) is 0 Å². The number of aromatic amines is 1. The molecule has 2 aliphatic rings. The van der Waals surface area contributed by atoms with Crippen LogP contribution in [0.2, 0.25) is 0 Å². The summed E-state index contributed by atoms with van der Waals surface area (Å²) in [7, 11) is 0. The maximum absolute atomic E-state index is 5.75. The molecule has 20 heavy (non-hydrogen) atoms.